The van der Waals surface area contributed by atoms with Crippen LogP contribution in [0.1, 0.15) is 46.0 Å². The molecule has 0 radical (unpaired) electrons. The van der Waals surface area contributed by atoms with E-state index in [0.29, 0.717) is 0 Å². The highest BCUT2D eigenvalue weighted by Gasteiger charge is 2.20. The lowest BCUT2D eigenvalue weighted by Crippen LogP contribution is -2.34. The third-order valence-electron chi connectivity index (χ3n) is 3.76. The number of allylic oxidation sites excluding steroid dienone is 1. The van der Waals surface area contributed by atoms with E-state index in [9.17, 15) is 4.79 Å². The number of carbonyl (C=O) groups is 1. The summed E-state index contributed by atoms with van der Waals surface area (Å²) in [5, 5.41) is 6.19. The fourth-order valence-corrected chi connectivity index (χ4v) is 2.58. The molecule has 2 N–H and O–H groups in total. The predicted molar refractivity (Wildman–Crippen MR) is 79.3 cm³/mol. The maximum Gasteiger partial charge on any atom is 0.162 e. The topological polar surface area (TPSA) is 41.1 Å². The Morgan fingerprint density at radius 1 is 1.42 bits per heavy atom. The average molecular weight is 262 g/mol. The summed E-state index contributed by atoms with van der Waals surface area (Å²) in [4.78, 5) is 10.7. The molecular weight excluding hydrogens is 236 g/mol. The number of nitrogens with one attached hydrogen (secondary N) is 2. The molecule has 3 nitrogen and oxygen atoms in total. The second kappa shape index (κ2) is 8.60. The van der Waals surface area contributed by atoms with Crippen molar-refractivity contribution in [3.63, 3.8) is 0 Å². The maximum absolute atomic E-state index is 10.7. The summed E-state index contributed by atoms with van der Waals surface area (Å²) in [6.07, 6.45) is 10.5. The lowest BCUT2D eigenvalue weighted by Gasteiger charge is -2.19. The van der Waals surface area contributed by atoms with Gasteiger partial charge in [-0.3, -0.25) is 4.79 Å². The zero-order valence-electron chi connectivity index (χ0n) is 12.1. The van der Waals surface area contributed by atoms with Crippen molar-refractivity contribution < 1.29 is 4.79 Å². The SMILES string of the molecule is C=C=CC(CCC(CC)CCC)C1=CNC(C=O)N1. The van der Waals surface area contributed by atoms with Crippen LogP contribution >= 0.6 is 0 Å². The van der Waals surface area contributed by atoms with E-state index in [4.69, 9.17) is 0 Å². The minimum atomic E-state index is -0.284. The maximum atomic E-state index is 10.7. The van der Waals surface area contributed by atoms with E-state index in [1.54, 1.807) is 0 Å². The monoisotopic (exact) mass is 262 g/mol. The first-order valence-corrected chi connectivity index (χ1v) is 7.29. The van der Waals surface area contributed by atoms with E-state index < -0.39 is 0 Å². The Labute approximate surface area is 116 Å². The molecular formula is C16H26N2O. The van der Waals surface area contributed by atoms with Gasteiger partial charge < -0.3 is 10.6 Å². The quantitative estimate of drug-likeness (QED) is 0.495. The van der Waals surface area contributed by atoms with Crippen LogP contribution in [0.3, 0.4) is 0 Å². The van der Waals surface area contributed by atoms with E-state index in [1.165, 1.54) is 25.7 Å². The number of hydrogen-bond donors (Lipinski definition) is 2. The second-order valence-corrected chi connectivity index (χ2v) is 5.14. The predicted octanol–water partition coefficient (Wildman–Crippen LogP) is 3.11. The summed E-state index contributed by atoms with van der Waals surface area (Å²) in [5.41, 5.74) is 3.95. The standard InChI is InChI=1S/C16H26N2O/c1-4-7-13(6-3)9-10-14(8-5-2)15-11-17-16(12-19)18-15/h8,11-14,16-18H,2,4,6-7,9-10H2,1,3H3. The molecule has 1 aliphatic heterocycles. The number of rotatable bonds is 9. The Morgan fingerprint density at radius 3 is 2.74 bits per heavy atom. The van der Waals surface area contributed by atoms with Crippen LogP contribution in [0.2, 0.25) is 0 Å². The molecule has 0 bridgehead atoms. The van der Waals surface area contributed by atoms with E-state index in [2.05, 4.69) is 36.8 Å². The van der Waals surface area contributed by atoms with E-state index in [-0.39, 0.29) is 12.1 Å². The first kappa shape index (κ1) is 15.6. The first-order chi connectivity index (χ1) is 9.24. The van der Waals surface area contributed by atoms with Gasteiger partial charge in [0, 0.05) is 17.8 Å². The lowest BCUT2D eigenvalue weighted by molar-refractivity contribution is -0.109. The van der Waals surface area contributed by atoms with Crippen molar-refractivity contribution in [2.24, 2.45) is 11.8 Å². The molecule has 19 heavy (non-hydrogen) atoms. The normalized spacial score (nSPS) is 20.5. The smallest absolute Gasteiger partial charge is 0.162 e. The van der Waals surface area contributed by atoms with Gasteiger partial charge in [0.15, 0.2) is 12.5 Å². The molecule has 0 saturated carbocycles. The summed E-state index contributed by atoms with van der Waals surface area (Å²) < 4.78 is 0. The molecule has 1 heterocycles. The highest BCUT2D eigenvalue weighted by atomic mass is 16.1. The van der Waals surface area contributed by atoms with Crippen LogP contribution in [-0.2, 0) is 4.79 Å². The summed E-state index contributed by atoms with van der Waals surface area (Å²) in [6, 6.07) is 0. The molecule has 0 saturated heterocycles. The molecule has 0 aromatic heterocycles. The molecule has 0 aromatic carbocycles. The summed E-state index contributed by atoms with van der Waals surface area (Å²) in [5.74, 6) is 1.07. The molecule has 1 aliphatic rings. The van der Waals surface area contributed by atoms with Gasteiger partial charge in [0.25, 0.3) is 0 Å². The molecule has 3 heteroatoms. The Kier molecular flexibility index (Phi) is 7.06. The number of carbonyl (C=O) groups excluding carboxylic acids is 1. The van der Waals surface area contributed by atoms with Gasteiger partial charge in [0.05, 0.1) is 0 Å². The third-order valence-corrected chi connectivity index (χ3v) is 3.76. The molecule has 106 valence electrons. The lowest BCUT2D eigenvalue weighted by atomic mass is 9.89. The van der Waals surface area contributed by atoms with Crippen molar-refractivity contribution in [3.05, 3.63) is 30.3 Å². The zero-order valence-corrected chi connectivity index (χ0v) is 12.1. The summed E-state index contributed by atoms with van der Waals surface area (Å²) >= 11 is 0. The van der Waals surface area contributed by atoms with E-state index in [1.807, 2.05) is 12.3 Å². The van der Waals surface area contributed by atoms with Crippen LogP contribution in [0, 0.1) is 11.8 Å². The Bertz CT molecular complexity index is 356. The van der Waals surface area contributed by atoms with Crippen LogP contribution in [0.4, 0.5) is 0 Å². The fraction of sp³-hybridized carbons (Fsp3) is 0.625. The molecule has 3 atom stereocenters. The molecule has 1 rings (SSSR count). The molecule has 0 aromatic rings. The fourth-order valence-electron chi connectivity index (χ4n) is 2.58. The molecule has 3 unspecified atom stereocenters. The van der Waals surface area contributed by atoms with Gasteiger partial charge >= 0.3 is 0 Å². The molecule has 0 aliphatic carbocycles. The van der Waals surface area contributed by atoms with Crippen LogP contribution in [0.15, 0.2) is 30.3 Å². The second-order valence-electron chi connectivity index (χ2n) is 5.14. The highest BCUT2D eigenvalue weighted by molar-refractivity contribution is 5.59. The van der Waals surface area contributed by atoms with Crippen molar-refractivity contribution >= 4 is 6.29 Å². The minimum absolute atomic E-state index is 0.279. The molecule has 0 amide bonds. The van der Waals surface area contributed by atoms with Crippen molar-refractivity contribution in [2.45, 2.75) is 52.1 Å². The van der Waals surface area contributed by atoms with Crippen molar-refractivity contribution in [3.8, 4) is 0 Å². The summed E-state index contributed by atoms with van der Waals surface area (Å²) in [6.45, 7) is 8.17. The van der Waals surface area contributed by atoms with Gasteiger partial charge in [-0.2, -0.15) is 0 Å². The Hall–Kier alpha value is -1.47. The van der Waals surface area contributed by atoms with E-state index in [0.717, 1.165) is 24.3 Å². The van der Waals surface area contributed by atoms with Crippen LogP contribution in [-0.4, -0.2) is 12.5 Å². The zero-order chi connectivity index (χ0) is 14.1. The van der Waals surface area contributed by atoms with Gasteiger partial charge in [0.2, 0.25) is 0 Å². The van der Waals surface area contributed by atoms with E-state index >= 15 is 0 Å². The van der Waals surface area contributed by atoms with Crippen LogP contribution in [0.5, 0.6) is 0 Å². The van der Waals surface area contributed by atoms with Crippen LogP contribution in [0.25, 0.3) is 0 Å². The largest absolute Gasteiger partial charge is 0.364 e. The average Bonchev–Trinajstić information content (AvgIpc) is 2.90. The van der Waals surface area contributed by atoms with Gasteiger partial charge in [-0.1, -0.05) is 39.7 Å². The highest BCUT2D eigenvalue weighted by Crippen LogP contribution is 2.25. The molecule has 0 spiro atoms. The first-order valence-electron chi connectivity index (χ1n) is 7.29. The Balaban J connectivity index is 2.54. The van der Waals surface area contributed by atoms with Gasteiger partial charge in [-0.25, -0.2) is 0 Å². The van der Waals surface area contributed by atoms with Crippen LogP contribution < -0.4 is 10.6 Å². The summed E-state index contributed by atoms with van der Waals surface area (Å²) in [7, 11) is 0. The van der Waals surface area contributed by atoms with Gasteiger partial charge in [-0.15, -0.1) is 5.73 Å². The molecule has 0 fully saturated rings. The minimum Gasteiger partial charge on any atom is -0.364 e. The number of hydrogen-bond acceptors (Lipinski definition) is 3. The van der Waals surface area contributed by atoms with Crippen molar-refractivity contribution in [1.82, 2.24) is 10.6 Å². The number of aldehydes is 1. The van der Waals surface area contributed by atoms with Gasteiger partial charge in [0.1, 0.15) is 0 Å². The van der Waals surface area contributed by atoms with Gasteiger partial charge in [-0.05, 0) is 24.8 Å². The van der Waals surface area contributed by atoms with Crippen molar-refractivity contribution in [1.29, 1.82) is 0 Å². The Morgan fingerprint density at radius 2 is 2.21 bits per heavy atom. The van der Waals surface area contributed by atoms with Crippen molar-refractivity contribution in [2.75, 3.05) is 0 Å². The third kappa shape index (κ3) is 4.96.